The molecule has 3 N–H and O–H groups in total. The molecule has 6 heteroatoms. The van der Waals surface area contributed by atoms with Crippen LogP contribution in [0.25, 0.3) is 0 Å². The Kier molecular flexibility index (Phi) is 4.22. The highest BCUT2D eigenvalue weighted by atomic mass is 16.1. The first-order chi connectivity index (χ1) is 7.84. The van der Waals surface area contributed by atoms with Gasteiger partial charge in [0.15, 0.2) is 0 Å². The van der Waals surface area contributed by atoms with E-state index in [1.54, 1.807) is 0 Å². The molecule has 0 bridgehead atoms. The van der Waals surface area contributed by atoms with Crippen LogP contribution in [0, 0.1) is 5.41 Å². The van der Waals surface area contributed by atoms with E-state index in [0.29, 0.717) is 13.1 Å². The second-order valence-electron chi connectivity index (χ2n) is 5.07. The number of hydrogen-bond acceptors (Lipinski definition) is 4. The molecule has 1 amide bonds. The lowest BCUT2D eigenvalue weighted by Gasteiger charge is -2.20. The Labute approximate surface area is 102 Å². The summed E-state index contributed by atoms with van der Waals surface area (Å²) in [6.45, 7) is 8.82. The van der Waals surface area contributed by atoms with Gasteiger partial charge in [0.2, 0.25) is 5.91 Å². The highest BCUT2D eigenvalue weighted by Gasteiger charge is 2.24. The van der Waals surface area contributed by atoms with Crippen molar-refractivity contribution in [2.75, 3.05) is 6.54 Å². The maximum Gasteiger partial charge on any atom is 0.224 e. The first-order valence-corrected chi connectivity index (χ1v) is 5.73. The predicted molar refractivity (Wildman–Crippen MR) is 65.1 cm³/mol. The van der Waals surface area contributed by atoms with Crippen molar-refractivity contribution in [1.29, 1.82) is 0 Å². The topological polar surface area (TPSA) is 85.8 Å². The van der Waals surface area contributed by atoms with Gasteiger partial charge in [-0.2, -0.15) is 5.10 Å². The average Bonchev–Trinajstić information content (AvgIpc) is 2.65. The fourth-order valence-corrected chi connectivity index (χ4v) is 1.41. The summed E-state index contributed by atoms with van der Waals surface area (Å²) in [7, 11) is 0. The summed E-state index contributed by atoms with van der Waals surface area (Å²) >= 11 is 0. The quantitative estimate of drug-likeness (QED) is 0.755. The van der Waals surface area contributed by atoms with Gasteiger partial charge >= 0.3 is 0 Å². The molecule has 0 fully saturated rings. The van der Waals surface area contributed by atoms with Crippen molar-refractivity contribution in [3.8, 4) is 0 Å². The molecule has 6 nitrogen and oxygen atoms in total. The van der Waals surface area contributed by atoms with Crippen LogP contribution in [0.2, 0.25) is 0 Å². The number of primary amides is 1. The van der Waals surface area contributed by atoms with E-state index in [4.69, 9.17) is 5.73 Å². The van der Waals surface area contributed by atoms with E-state index in [1.807, 2.05) is 32.4 Å². The molecule has 1 aromatic heterocycles. The molecule has 17 heavy (non-hydrogen) atoms. The lowest BCUT2D eigenvalue weighted by atomic mass is 9.93. The highest BCUT2D eigenvalue weighted by Crippen LogP contribution is 2.12. The average molecular weight is 239 g/mol. The summed E-state index contributed by atoms with van der Waals surface area (Å²) in [5.74, 6) is 0.551. The molecule has 0 aliphatic rings. The number of aromatic nitrogens is 3. The SMILES string of the molecule is CC(C)n1ncnc1CNCC(C)(C)C(N)=O. The number of carbonyl (C=O) groups is 1. The summed E-state index contributed by atoms with van der Waals surface area (Å²) in [6.07, 6.45) is 1.54. The van der Waals surface area contributed by atoms with Crippen LogP contribution in [-0.4, -0.2) is 27.2 Å². The maximum absolute atomic E-state index is 11.1. The fraction of sp³-hybridized carbons (Fsp3) is 0.727. The van der Waals surface area contributed by atoms with Gasteiger partial charge in [-0.05, 0) is 27.7 Å². The van der Waals surface area contributed by atoms with Crippen LogP contribution in [0.4, 0.5) is 0 Å². The standard InChI is InChI=1S/C11H21N5O/c1-8(2)16-9(14-7-15-16)5-13-6-11(3,4)10(12)17/h7-8,13H,5-6H2,1-4H3,(H2,12,17). The van der Waals surface area contributed by atoms with E-state index in [0.717, 1.165) is 5.82 Å². The third-order valence-electron chi connectivity index (χ3n) is 2.65. The summed E-state index contributed by atoms with van der Waals surface area (Å²) in [6, 6.07) is 0.276. The molecule has 0 unspecified atom stereocenters. The second-order valence-corrected chi connectivity index (χ2v) is 5.07. The van der Waals surface area contributed by atoms with Gasteiger partial charge in [0, 0.05) is 12.6 Å². The van der Waals surface area contributed by atoms with E-state index in [9.17, 15) is 4.79 Å². The number of nitrogens with one attached hydrogen (secondary N) is 1. The van der Waals surface area contributed by atoms with Crippen LogP contribution in [0.15, 0.2) is 6.33 Å². The highest BCUT2D eigenvalue weighted by molar-refractivity contribution is 5.80. The minimum Gasteiger partial charge on any atom is -0.369 e. The van der Waals surface area contributed by atoms with Crippen molar-refractivity contribution in [2.24, 2.45) is 11.1 Å². The zero-order valence-corrected chi connectivity index (χ0v) is 10.9. The molecule has 0 aliphatic heterocycles. The van der Waals surface area contributed by atoms with Gasteiger partial charge in [-0.25, -0.2) is 9.67 Å². The van der Waals surface area contributed by atoms with Gasteiger partial charge in [-0.3, -0.25) is 4.79 Å². The minimum atomic E-state index is -0.553. The number of carbonyl (C=O) groups excluding carboxylic acids is 1. The Morgan fingerprint density at radius 1 is 1.59 bits per heavy atom. The van der Waals surface area contributed by atoms with Crippen LogP contribution in [0.1, 0.15) is 39.6 Å². The van der Waals surface area contributed by atoms with E-state index < -0.39 is 5.41 Å². The monoisotopic (exact) mass is 239 g/mol. The molecule has 0 aromatic carbocycles. The predicted octanol–water partition coefficient (Wildman–Crippen LogP) is 0.460. The normalized spacial score (nSPS) is 12.1. The number of nitrogens with two attached hydrogens (primary N) is 1. The van der Waals surface area contributed by atoms with Crippen molar-refractivity contribution < 1.29 is 4.79 Å². The zero-order valence-electron chi connectivity index (χ0n) is 10.9. The lowest BCUT2D eigenvalue weighted by Crippen LogP contribution is -2.40. The van der Waals surface area contributed by atoms with E-state index in [-0.39, 0.29) is 11.9 Å². The maximum atomic E-state index is 11.1. The van der Waals surface area contributed by atoms with Gasteiger partial charge < -0.3 is 11.1 Å². The van der Waals surface area contributed by atoms with Crippen molar-refractivity contribution in [2.45, 2.75) is 40.3 Å². The molecule has 96 valence electrons. The van der Waals surface area contributed by atoms with Crippen molar-refractivity contribution in [3.05, 3.63) is 12.2 Å². The van der Waals surface area contributed by atoms with Gasteiger partial charge in [0.1, 0.15) is 12.2 Å². The number of amides is 1. The number of hydrogen-bond donors (Lipinski definition) is 2. The van der Waals surface area contributed by atoms with Gasteiger partial charge in [-0.1, -0.05) is 0 Å². The van der Waals surface area contributed by atoms with Crippen LogP contribution >= 0.6 is 0 Å². The molecule has 0 aliphatic carbocycles. The zero-order chi connectivity index (χ0) is 13.1. The third kappa shape index (κ3) is 3.52. The molecule has 1 aromatic rings. The van der Waals surface area contributed by atoms with Gasteiger partial charge in [0.05, 0.1) is 12.0 Å². The molecule has 1 rings (SSSR count). The molecule has 0 saturated heterocycles. The Morgan fingerprint density at radius 2 is 2.24 bits per heavy atom. The molecule has 1 heterocycles. The number of rotatable bonds is 6. The lowest BCUT2D eigenvalue weighted by molar-refractivity contribution is -0.125. The number of nitrogens with zero attached hydrogens (tertiary/aromatic N) is 3. The second kappa shape index (κ2) is 5.27. The van der Waals surface area contributed by atoms with Crippen LogP contribution in [-0.2, 0) is 11.3 Å². The molecule has 0 atom stereocenters. The summed E-state index contributed by atoms with van der Waals surface area (Å²) in [4.78, 5) is 15.3. The smallest absolute Gasteiger partial charge is 0.224 e. The molecule has 0 radical (unpaired) electrons. The van der Waals surface area contributed by atoms with Crippen LogP contribution in [0.3, 0.4) is 0 Å². The summed E-state index contributed by atoms with van der Waals surface area (Å²) in [5, 5.41) is 7.32. The van der Waals surface area contributed by atoms with Gasteiger partial charge in [-0.15, -0.1) is 0 Å². The minimum absolute atomic E-state index is 0.276. The molecular weight excluding hydrogens is 218 g/mol. The van der Waals surface area contributed by atoms with Crippen molar-refractivity contribution in [3.63, 3.8) is 0 Å². The Hall–Kier alpha value is -1.43. The van der Waals surface area contributed by atoms with Gasteiger partial charge in [0.25, 0.3) is 0 Å². The molecule has 0 saturated carbocycles. The van der Waals surface area contributed by atoms with Crippen LogP contribution < -0.4 is 11.1 Å². The first-order valence-electron chi connectivity index (χ1n) is 5.73. The Bertz CT molecular complexity index is 383. The Balaban J connectivity index is 2.52. The van der Waals surface area contributed by atoms with Crippen molar-refractivity contribution >= 4 is 5.91 Å². The van der Waals surface area contributed by atoms with E-state index in [2.05, 4.69) is 15.4 Å². The Morgan fingerprint density at radius 3 is 2.76 bits per heavy atom. The summed E-state index contributed by atoms with van der Waals surface area (Å²) < 4.78 is 1.85. The fourth-order valence-electron chi connectivity index (χ4n) is 1.41. The largest absolute Gasteiger partial charge is 0.369 e. The molecule has 0 spiro atoms. The first kappa shape index (κ1) is 13.6. The van der Waals surface area contributed by atoms with E-state index >= 15 is 0 Å². The summed E-state index contributed by atoms with van der Waals surface area (Å²) in [5.41, 5.74) is 4.74. The van der Waals surface area contributed by atoms with E-state index in [1.165, 1.54) is 6.33 Å². The van der Waals surface area contributed by atoms with Crippen molar-refractivity contribution in [1.82, 2.24) is 20.1 Å². The third-order valence-corrected chi connectivity index (χ3v) is 2.65. The molecular formula is C11H21N5O. The van der Waals surface area contributed by atoms with Crippen LogP contribution in [0.5, 0.6) is 0 Å².